The van der Waals surface area contributed by atoms with Gasteiger partial charge in [0, 0.05) is 44.8 Å². The number of hydrogen-bond donors (Lipinski definition) is 1. The van der Waals surface area contributed by atoms with Crippen LogP contribution < -0.4 is 10.2 Å². The van der Waals surface area contributed by atoms with Gasteiger partial charge in [0.2, 0.25) is 5.91 Å². The minimum atomic E-state index is -0.248. The molecular formula is C19H22FN3O2S. The Kier molecular flexibility index (Phi) is 5.88. The molecule has 0 atom stereocenters. The molecule has 0 radical (unpaired) electrons. The summed E-state index contributed by atoms with van der Waals surface area (Å²) in [6, 6.07) is 8.32. The van der Waals surface area contributed by atoms with Crippen LogP contribution in [0.1, 0.15) is 21.7 Å². The molecule has 2 aromatic rings. The maximum Gasteiger partial charge on any atom is 0.261 e. The van der Waals surface area contributed by atoms with Gasteiger partial charge in [0.25, 0.3) is 5.91 Å². The van der Waals surface area contributed by atoms with Crippen molar-refractivity contribution in [1.82, 2.24) is 10.2 Å². The smallest absolute Gasteiger partial charge is 0.261 e. The number of nitrogens with one attached hydrogen (secondary N) is 1. The number of aryl methyl sites for hydroxylation is 1. The van der Waals surface area contributed by atoms with Crippen molar-refractivity contribution in [2.24, 2.45) is 0 Å². The van der Waals surface area contributed by atoms with Crippen molar-refractivity contribution in [2.45, 2.75) is 13.3 Å². The van der Waals surface area contributed by atoms with Crippen molar-refractivity contribution in [3.05, 3.63) is 52.0 Å². The summed E-state index contributed by atoms with van der Waals surface area (Å²) in [4.78, 5) is 29.0. The molecule has 1 saturated heterocycles. The molecule has 138 valence electrons. The summed E-state index contributed by atoms with van der Waals surface area (Å²) in [6.45, 7) is 4.95. The number of piperazine rings is 1. The van der Waals surface area contributed by atoms with E-state index in [0.717, 1.165) is 24.3 Å². The Balaban J connectivity index is 1.41. The molecule has 0 bridgehead atoms. The first kappa shape index (κ1) is 18.4. The van der Waals surface area contributed by atoms with Crippen LogP contribution in [0.3, 0.4) is 0 Å². The third-order valence-corrected chi connectivity index (χ3v) is 5.53. The number of nitrogens with zero attached hydrogens (tertiary/aromatic N) is 2. The summed E-state index contributed by atoms with van der Waals surface area (Å²) in [5.74, 6) is -0.319. The zero-order chi connectivity index (χ0) is 18.5. The van der Waals surface area contributed by atoms with E-state index in [1.165, 1.54) is 23.5 Å². The largest absolute Gasteiger partial charge is 0.368 e. The standard InChI is InChI=1S/C19H22FN3O2S/c1-14-7-13-26-18(14)19(25)21-8-6-17(24)23-11-9-22(10-12-23)16-4-2-15(20)3-5-16/h2-5,7,13H,6,8-12H2,1H3,(H,21,25). The van der Waals surface area contributed by atoms with Crippen LogP contribution in [-0.4, -0.2) is 49.4 Å². The molecular weight excluding hydrogens is 353 g/mol. The van der Waals surface area contributed by atoms with Gasteiger partial charge in [-0.3, -0.25) is 9.59 Å². The highest BCUT2D eigenvalue weighted by Crippen LogP contribution is 2.17. The zero-order valence-electron chi connectivity index (χ0n) is 14.7. The van der Waals surface area contributed by atoms with Crippen LogP contribution in [0.15, 0.2) is 35.7 Å². The Morgan fingerprint density at radius 3 is 2.42 bits per heavy atom. The van der Waals surface area contributed by atoms with Gasteiger partial charge in [0.1, 0.15) is 5.82 Å². The van der Waals surface area contributed by atoms with Crippen molar-refractivity contribution < 1.29 is 14.0 Å². The lowest BCUT2D eigenvalue weighted by atomic mass is 10.2. The van der Waals surface area contributed by atoms with Crippen LogP contribution in [0.5, 0.6) is 0 Å². The van der Waals surface area contributed by atoms with Gasteiger partial charge in [0.05, 0.1) is 4.88 Å². The number of carbonyl (C=O) groups excluding carboxylic acids is 2. The molecule has 26 heavy (non-hydrogen) atoms. The third-order valence-electron chi connectivity index (χ3n) is 4.52. The van der Waals surface area contributed by atoms with Crippen LogP contribution in [0, 0.1) is 12.7 Å². The van der Waals surface area contributed by atoms with Crippen LogP contribution in [-0.2, 0) is 4.79 Å². The minimum absolute atomic E-state index is 0.0481. The fourth-order valence-corrected chi connectivity index (χ4v) is 3.83. The van der Waals surface area contributed by atoms with Gasteiger partial charge in [0.15, 0.2) is 0 Å². The van der Waals surface area contributed by atoms with E-state index in [9.17, 15) is 14.0 Å². The topological polar surface area (TPSA) is 52.7 Å². The lowest BCUT2D eigenvalue weighted by molar-refractivity contribution is -0.131. The molecule has 1 aromatic carbocycles. The average Bonchev–Trinajstić information content (AvgIpc) is 3.08. The van der Waals surface area contributed by atoms with Gasteiger partial charge in [-0.1, -0.05) is 0 Å². The number of carbonyl (C=O) groups is 2. The predicted molar refractivity (Wildman–Crippen MR) is 101 cm³/mol. The fraction of sp³-hybridized carbons (Fsp3) is 0.368. The second-order valence-corrected chi connectivity index (χ2v) is 7.20. The number of anilines is 1. The van der Waals surface area contributed by atoms with Gasteiger partial charge in [-0.05, 0) is 48.2 Å². The van der Waals surface area contributed by atoms with Crippen molar-refractivity contribution in [3.63, 3.8) is 0 Å². The molecule has 1 fully saturated rings. The highest BCUT2D eigenvalue weighted by molar-refractivity contribution is 7.12. The Hall–Kier alpha value is -2.41. The van der Waals surface area contributed by atoms with Gasteiger partial charge < -0.3 is 15.1 Å². The normalized spacial score (nSPS) is 14.4. The van der Waals surface area contributed by atoms with E-state index < -0.39 is 0 Å². The van der Waals surface area contributed by atoms with E-state index in [0.29, 0.717) is 30.9 Å². The minimum Gasteiger partial charge on any atom is -0.368 e. The molecule has 2 heterocycles. The molecule has 2 amide bonds. The van der Waals surface area contributed by atoms with Crippen LogP contribution in [0.4, 0.5) is 10.1 Å². The van der Waals surface area contributed by atoms with E-state index in [2.05, 4.69) is 10.2 Å². The second-order valence-electron chi connectivity index (χ2n) is 6.28. The summed E-state index contributed by atoms with van der Waals surface area (Å²) in [5, 5.41) is 4.70. The van der Waals surface area contributed by atoms with Crippen molar-refractivity contribution in [3.8, 4) is 0 Å². The number of rotatable bonds is 5. The monoisotopic (exact) mass is 375 g/mol. The highest BCUT2D eigenvalue weighted by Gasteiger charge is 2.21. The van der Waals surface area contributed by atoms with Gasteiger partial charge in [-0.25, -0.2) is 4.39 Å². The van der Waals surface area contributed by atoms with Crippen molar-refractivity contribution >= 4 is 28.8 Å². The quantitative estimate of drug-likeness (QED) is 0.874. The van der Waals surface area contributed by atoms with E-state index in [-0.39, 0.29) is 17.6 Å². The van der Waals surface area contributed by atoms with Crippen molar-refractivity contribution in [2.75, 3.05) is 37.6 Å². The van der Waals surface area contributed by atoms with E-state index in [1.807, 2.05) is 23.3 Å². The Labute approximate surface area is 156 Å². The fourth-order valence-electron chi connectivity index (χ4n) is 2.99. The van der Waals surface area contributed by atoms with Crippen LogP contribution in [0.2, 0.25) is 0 Å². The number of amides is 2. The number of hydrogen-bond acceptors (Lipinski definition) is 4. The molecule has 0 spiro atoms. The Morgan fingerprint density at radius 1 is 1.12 bits per heavy atom. The summed E-state index contributed by atoms with van der Waals surface area (Å²) >= 11 is 1.41. The molecule has 0 unspecified atom stereocenters. The summed E-state index contributed by atoms with van der Waals surface area (Å²) in [6.07, 6.45) is 0.298. The first-order valence-electron chi connectivity index (χ1n) is 8.65. The molecule has 5 nitrogen and oxygen atoms in total. The van der Waals surface area contributed by atoms with E-state index in [1.54, 1.807) is 12.1 Å². The predicted octanol–water partition coefficient (Wildman–Crippen LogP) is 2.66. The number of benzene rings is 1. The van der Waals surface area contributed by atoms with Crippen molar-refractivity contribution in [1.29, 1.82) is 0 Å². The molecule has 1 aromatic heterocycles. The molecule has 0 aliphatic carbocycles. The summed E-state index contributed by atoms with van der Waals surface area (Å²) in [7, 11) is 0. The number of halogens is 1. The average molecular weight is 375 g/mol. The Morgan fingerprint density at radius 2 is 1.81 bits per heavy atom. The highest BCUT2D eigenvalue weighted by atomic mass is 32.1. The SMILES string of the molecule is Cc1ccsc1C(=O)NCCC(=O)N1CCN(c2ccc(F)cc2)CC1. The maximum absolute atomic E-state index is 13.0. The maximum atomic E-state index is 13.0. The molecule has 7 heteroatoms. The molecule has 1 N–H and O–H groups in total. The van der Waals surface area contributed by atoms with E-state index in [4.69, 9.17) is 0 Å². The number of thiophene rings is 1. The Bertz CT molecular complexity index is 767. The van der Waals surface area contributed by atoms with Crippen LogP contribution in [0.25, 0.3) is 0 Å². The molecule has 1 aliphatic rings. The van der Waals surface area contributed by atoms with Crippen LogP contribution >= 0.6 is 11.3 Å². The summed E-state index contributed by atoms with van der Waals surface area (Å²) < 4.78 is 13.0. The lowest BCUT2D eigenvalue weighted by Gasteiger charge is -2.36. The first-order valence-corrected chi connectivity index (χ1v) is 9.53. The molecule has 1 aliphatic heterocycles. The van der Waals surface area contributed by atoms with Gasteiger partial charge in [-0.2, -0.15) is 0 Å². The van der Waals surface area contributed by atoms with Gasteiger partial charge >= 0.3 is 0 Å². The second kappa shape index (κ2) is 8.31. The third kappa shape index (κ3) is 4.40. The lowest BCUT2D eigenvalue weighted by Crippen LogP contribution is -2.49. The van der Waals surface area contributed by atoms with Gasteiger partial charge in [-0.15, -0.1) is 11.3 Å². The first-order chi connectivity index (χ1) is 12.5. The zero-order valence-corrected chi connectivity index (χ0v) is 15.5. The summed E-state index contributed by atoms with van der Waals surface area (Å²) in [5.41, 5.74) is 1.92. The molecule has 0 saturated carbocycles. The molecule has 3 rings (SSSR count). The van der Waals surface area contributed by atoms with E-state index >= 15 is 0 Å².